The molecule has 0 heterocycles. The summed E-state index contributed by atoms with van der Waals surface area (Å²) >= 11 is 0. The second kappa shape index (κ2) is 17.0. The zero-order chi connectivity index (χ0) is 17.2. The summed E-state index contributed by atoms with van der Waals surface area (Å²) in [6, 6.07) is 1.51. The molecule has 140 valence electrons. The molecule has 0 rings (SSSR count). The molecule has 0 amide bonds. The van der Waals surface area contributed by atoms with E-state index in [9.17, 15) is 0 Å². The third-order valence-corrected chi connectivity index (χ3v) is 5.64. The predicted octanol–water partition coefficient (Wildman–Crippen LogP) is 5.72. The van der Waals surface area contributed by atoms with Gasteiger partial charge in [-0.15, -0.1) is 0 Å². The van der Waals surface area contributed by atoms with Gasteiger partial charge in [0.2, 0.25) is 0 Å². The second-order valence-corrected chi connectivity index (χ2v) is 9.67. The molecule has 0 fully saturated rings. The molecule has 0 saturated carbocycles. The molecular formula is C21H48NSi+. The average Bonchev–Trinajstić information content (AvgIpc) is 2.49. The molecule has 0 spiro atoms. The molecule has 1 nitrogen and oxygen atoms in total. The van der Waals surface area contributed by atoms with Crippen LogP contribution in [0.4, 0.5) is 0 Å². The normalized spacial score (nSPS) is 12.1. The summed E-state index contributed by atoms with van der Waals surface area (Å²) in [5, 5.41) is 0. The van der Waals surface area contributed by atoms with Gasteiger partial charge in [0, 0.05) is 10.2 Å². The van der Waals surface area contributed by atoms with Crippen molar-refractivity contribution >= 4 is 10.2 Å². The van der Waals surface area contributed by atoms with Crippen molar-refractivity contribution in [2.75, 3.05) is 27.7 Å². The molecule has 0 atom stereocenters. The van der Waals surface area contributed by atoms with Crippen molar-refractivity contribution in [2.24, 2.45) is 0 Å². The minimum atomic E-state index is 1.13. The highest BCUT2D eigenvalue weighted by Crippen LogP contribution is 2.14. The predicted molar refractivity (Wildman–Crippen MR) is 112 cm³/mol. The van der Waals surface area contributed by atoms with Crippen molar-refractivity contribution in [1.29, 1.82) is 0 Å². The molecule has 0 bridgehead atoms. The fourth-order valence-electron chi connectivity index (χ4n) is 3.31. The Morgan fingerprint density at radius 3 is 0.957 bits per heavy atom. The number of quaternary nitrogens is 1. The van der Waals surface area contributed by atoms with Crippen molar-refractivity contribution in [3.63, 3.8) is 0 Å². The minimum Gasteiger partial charge on any atom is -0.331 e. The lowest BCUT2D eigenvalue weighted by Gasteiger charge is -2.23. The molecule has 0 aromatic carbocycles. The first kappa shape index (κ1) is 23.2. The van der Waals surface area contributed by atoms with Crippen LogP contribution in [0.2, 0.25) is 6.04 Å². The van der Waals surface area contributed by atoms with Crippen LogP contribution in [-0.4, -0.2) is 42.4 Å². The molecule has 0 aromatic rings. The topological polar surface area (TPSA) is 0 Å². The third-order valence-electron chi connectivity index (χ3n) is 4.93. The maximum Gasteiger partial charge on any atom is 0.0780 e. The number of hydrogen-bond donors (Lipinski definition) is 0. The third kappa shape index (κ3) is 22.2. The Hall–Kier alpha value is 0.177. The van der Waals surface area contributed by atoms with Crippen LogP contribution in [-0.2, 0) is 0 Å². The Balaban J connectivity index is 3.00. The van der Waals surface area contributed by atoms with Crippen LogP contribution in [0.1, 0.15) is 103 Å². The second-order valence-electron chi connectivity index (χ2n) is 8.67. The SMILES string of the molecule is C[N+](C)(C)CCCCCCCCCCCCCCCCCC[SiH3]. The highest BCUT2D eigenvalue weighted by Gasteiger charge is 2.04. The molecule has 0 aromatic heterocycles. The fourth-order valence-corrected chi connectivity index (χ4v) is 3.81. The monoisotopic (exact) mass is 342 g/mol. The van der Waals surface area contributed by atoms with Crippen LogP contribution in [0.25, 0.3) is 0 Å². The lowest BCUT2D eigenvalue weighted by atomic mass is 10.0. The van der Waals surface area contributed by atoms with Crippen molar-refractivity contribution in [2.45, 2.75) is 109 Å². The van der Waals surface area contributed by atoms with E-state index >= 15 is 0 Å². The van der Waals surface area contributed by atoms with Gasteiger partial charge < -0.3 is 4.48 Å². The first-order chi connectivity index (χ1) is 11.1. The molecule has 0 aliphatic heterocycles. The molecule has 0 unspecified atom stereocenters. The first-order valence-electron chi connectivity index (χ1n) is 10.9. The van der Waals surface area contributed by atoms with Gasteiger partial charge >= 0.3 is 0 Å². The van der Waals surface area contributed by atoms with E-state index in [0.29, 0.717) is 0 Å². The molecule has 0 radical (unpaired) electrons. The zero-order valence-corrected chi connectivity index (χ0v) is 19.2. The highest BCUT2D eigenvalue weighted by molar-refractivity contribution is 6.08. The van der Waals surface area contributed by atoms with E-state index in [-0.39, 0.29) is 0 Å². The van der Waals surface area contributed by atoms with Gasteiger partial charge in [0.1, 0.15) is 0 Å². The fraction of sp³-hybridized carbons (Fsp3) is 1.00. The molecule has 2 heteroatoms. The summed E-state index contributed by atoms with van der Waals surface area (Å²) in [6.45, 7) is 1.33. The Kier molecular flexibility index (Phi) is 17.1. The van der Waals surface area contributed by atoms with Gasteiger partial charge in [-0.1, -0.05) is 95.9 Å². The average molecular weight is 343 g/mol. The van der Waals surface area contributed by atoms with Crippen LogP contribution in [0.5, 0.6) is 0 Å². The van der Waals surface area contributed by atoms with Gasteiger partial charge in [0.15, 0.2) is 0 Å². The van der Waals surface area contributed by atoms with E-state index in [4.69, 9.17) is 0 Å². The maximum absolute atomic E-state index is 2.30. The van der Waals surface area contributed by atoms with Crippen molar-refractivity contribution in [1.82, 2.24) is 0 Å². The van der Waals surface area contributed by atoms with Crippen molar-refractivity contribution in [3.05, 3.63) is 0 Å². The molecule has 0 saturated heterocycles. The van der Waals surface area contributed by atoms with E-state index in [1.807, 2.05) is 0 Å². The van der Waals surface area contributed by atoms with E-state index in [1.54, 1.807) is 0 Å². The van der Waals surface area contributed by atoms with E-state index in [2.05, 4.69) is 21.1 Å². The van der Waals surface area contributed by atoms with Crippen molar-refractivity contribution < 1.29 is 4.48 Å². The lowest BCUT2D eigenvalue weighted by molar-refractivity contribution is -0.870. The highest BCUT2D eigenvalue weighted by atomic mass is 28.1. The van der Waals surface area contributed by atoms with Crippen LogP contribution in [0.15, 0.2) is 0 Å². The summed E-state index contributed by atoms with van der Waals surface area (Å²) in [7, 11) is 8.31. The minimum absolute atomic E-state index is 1.13. The summed E-state index contributed by atoms with van der Waals surface area (Å²) in [5.74, 6) is 0. The Morgan fingerprint density at radius 2 is 0.696 bits per heavy atom. The molecule has 0 aliphatic carbocycles. The smallest absolute Gasteiger partial charge is 0.0780 e. The quantitative estimate of drug-likeness (QED) is 0.170. The van der Waals surface area contributed by atoms with Gasteiger partial charge in [0.25, 0.3) is 0 Å². The molecule has 0 aliphatic rings. The summed E-state index contributed by atoms with van der Waals surface area (Å²) in [4.78, 5) is 0. The molecule has 0 N–H and O–H groups in total. The Labute approximate surface area is 151 Å². The van der Waals surface area contributed by atoms with E-state index in [0.717, 1.165) is 4.48 Å². The summed E-state index contributed by atoms with van der Waals surface area (Å²) < 4.78 is 1.13. The largest absolute Gasteiger partial charge is 0.331 e. The Bertz CT molecular complexity index is 222. The number of hydrogen-bond acceptors (Lipinski definition) is 0. The first-order valence-corrected chi connectivity index (χ1v) is 12.3. The van der Waals surface area contributed by atoms with E-state index < -0.39 is 0 Å². The van der Waals surface area contributed by atoms with Gasteiger partial charge in [-0.3, -0.25) is 0 Å². The van der Waals surface area contributed by atoms with Gasteiger partial charge in [-0.2, -0.15) is 0 Å². The molecular weight excluding hydrogens is 294 g/mol. The zero-order valence-electron chi connectivity index (χ0n) is 17.2. The summed E-state index contributed by atoms with van der Waals surface area (Å²) in [5.41, 5.74) is 0. The number of rotatable bonds is 18. The van der Waals surface area contributed by atoms with Crippen molar-refractivity contribution in [3.8, 4) is 0 Å². The molecule has 23 heavy (non-hydrogen) atoms. The van der Waals surface area contributed by atoms with Crippen LogP contribution >= 0.6 is 0 Å². The number of nitrogens with zero attached hydrogens (tertiary/aromatic N) is 1. The van der Waals surface area contributed by atoms with Gasteiger partial charge in [0.05, 0.1) is 27.7 Å². The van der Waals surface area contributed by atoms with Crippen LogP contribution in [0, 0.1) is 0 Å². The number of unbranched alkanes of at least 4 members (excludes halogenated alkanes) is 15. The maximum atomic E-state index is 2.30. The van der Waals surface area contributed by atoms with Gasteiger partial charge in [-0.05, 0) is 12.8 Å². The van der Waals surface area contributed by atoms with E-state index in [1.165, 1.54) is 126 Å². The summed E-state index contributed by atoms with van der Waals surface area (Å²) in [6.07, 6.45) is 23.7. The lowest BCUT2D eigenvalue weighted by Crippen LogP contribution is -2.35. The van der Waals surface area contributed by atoms with Crippen LogP contribution in [0.3, 0.4) is 0 Å². The van der Waals surface area contributed by atoms with Gasteiger partial charge in [-0.25, -0.2) is 0 Å². The van der Waals surface area contributed by atoms with Crippen LogP contribution < -0.4 is 0 Å². The standard InChI is InChI=1S/C21H48NSi/c1-22(2,3)20-18-16-14-12-10-8-6-4-5-7-9-11-13-15-17-19-21-23/h4-21H2,1-3,23H3/q+1. The Morgan fingerprint density at radius 1 is 0.435 bits per heavy atom.